The quantitative estimate of drug-likeness (QED) is 0.685. The Labute approximate surface area is 89.9 Å². The van der Waals surface area contributed by atoms with E-state index in [1.165, 1.54) is 25.1 Å². The zero-order chi connectivity index (χ0) is 10.4. The summed E-state index contributed by atoms with van der Waals surface area (Å²) in [4.78, 5) is 13.6. The molecule has 0 radical (unpaired) electrons. The highest BCUT2D eigenvalue weighted by molar-refractivity contribution is 5.94. The van der Waals surface area contributed by atoms with Gasteiger partial charge in [-0.25, -0.2) is 0 Å². The number of hydrogen-bond acceptors (Lipinski definition) is 2. The normalized spacial score (nSPS) is 27.7. The van der Waals surface area contributed by atoms with E-state index >= 15 is 0 Å². The number of carbonyl (C=O) groups excluding carboxylic acids is 1. The van der Waals surface area contributed by atoms with Crippen molar-refractivity contribution in [1.29, 1.82) is 0 Å². The van der Waals surface area contributed by atoms with Gasteiger partial charge in [-0.3, -0.25) is 4.79 Å². The molecular weight excluding hydrogens is 186 g/mol. The van der Waals surface area contributed by atoms with Gasteiger partial charge in [0.05, 0.1) is 0 Å². The molecule has 0 spiro atoms. The third-order valence-corrected chi connectivity index (χ3v) is 3.71. The summed E-state index contributed by atoms with van der Waals surface area (Å²) in [6.07, 6.45) is 2.74. The number of nitrogens with zero attached hydrogens (tertiary/aromatic N) is 1. The summed E-state index contributed by atoms with van der Waals surface area (Å²) in [5, 5.41) is 0. The van der Waals surface area contributed by atoms with Crippen molar-refractivity contribution in [2.24, 2.45) is 5.92 Å². The van der Waals surface area contributed by atoms with Crippen LogP contribution >= 0.6 is 0 Å². The van der Waals surface area contributed by atoms with Crippen LogP contribution in [0.25, 0.3) is 0 Å². The Kier molecular flexibility index (Phi) is 1.84. The molecular formula is C13H15NO. The van der Waals surface area contributed by atoms with Crippen LogP contribution in [0.5, 0.6) is 0 Å². The number of carbonyl (C=O) groups is 1. The highest BCUT2D eigenvalue weighted by Gasteiger charge is 2.42. The third kappa shape index (κ3) is 1.36. The van der Waals surface area contributed by atoms with E-state index in [2.05, 4.69) is 17.0 Å². The first-order chi connectivity index (χ1) is 7.24. The lowest BCUT2D eigenvalue weighted by atomic mass is 9.86. The van der Waals surface area contributed by atoms with Crippen molar-refractivity contribution in [3.8, 4) is 0 Å². The summed E-state index contributed by atoms with van der Waals surface area (Å²) in [6.45, 7) is 2.83. The molecule has 1 saturated carbocycles. The molecule has 2 nitrogen and oxygen atoms in total. The molecule has 2 heteroatoms. The Morgan fingerprint density at radius 1 is 1.27 bits per heavy atom. The SMILES string of the molecule is CC(=O)c1ccc(N2CC3CC2C3)cc1. The van der Waals surface area contributed by atoms with Gasteiger partial charge in [-0.15, -0.1) is 0 Å². The van der Waals surface area contributed by atoms with Gasteiger partial charge in [0, 0.05) is 23.8 Å². The van der Waals surface area contributed by atoms with E-state index in [9.17, 15) is 4.79 Å². The van der Waals surface area contributed by atoms with Crippen molar-refractivity contribution < 1.29 is 4.79 Å². The topological polar surface area (TPSA) is 20.3 Å². The first-order valence-corrected chi connectivity index (χ1v) is 5.61. The fourth-order valence-electron chi connectivity index (χ4n) is 2.74. The van der Waals surface area contributed by atoms with E-state index in [0.717, 1.165) is 17.5 Å². The van der Waals surface area contributed by atoms with Gasteiger partial charge >= 0.3 is 0 Å². The lowest BCUT2D eigenvalue weighted by molar-refractivity contribution is 0.101. The van der Waals surface area contributed by atoms with Gasteiger partial charge in [-0.05, 0) is 49.9 Å². The largest absolute Gasteiger partial charge is 0.368 e. The molecule has 1 aromatic rings. The van der Waals surface area contributed by atoms with E-state index in [0.29, 0.717) is 0 Å². The molecule has 1 aromatic carbocycles. The summed E-state index contributed by atoms with van der Waals surface area (Å²) < 4.78 is 0. The second kappa shape index (κ2) is 3.09. The molecule has 0 amide bonds. The maximum atomic E-state index is 11.1. The molecule has 2 heterocycles. The van der Waals surface area contributed by atoms with Crippen LogP contribution in [-0.2, 0) is 0 Å². The first-order valence-electron chi connectivity index (χ1n) is 5.61. The lowest BCUT2D eigenvalue weighted by Gasteiger charge is -2.27. The summed E-state index contributed by atoms with van der Waals surface area (Å²) >= 11 is 0. The van der Waals surface area contributed by atoms with Crippen LogP contribution in [-0.4, -0.2) is 18.4 Å². The molecule has 0 aromatic heterocycles. The number of anilines is 1. The maximum absolute atomic E-state index is 11.1. The number of ketones is 1. The molecule has 2 bridgehead atoms. The molecule has 15 heavy (non-hydrogen) atoms. The summed E-state index contributed by atoms with van der Waals surface area (Å²) in [7, 11) is 0. The Hall–Kier alpha value is -1.31. The van der Waals surface area contributed by atoms with Crippen LogP contribution in [0.2, 0.25) is 0 Å². The Morgan fingerprint density at radius 3 is 2.40 bits per heavy atom. The minimum Gasteiger partial charge on any atom is -0.368 e. The van der Waals surface area contributed by atoms with Crippen molar-refractivity contribution in [1.82, 2.24) is 0 Å². The van der Waals surface area contributed by atoms with Gasteiger partial charge < -0.3 is 4.90 Å². The number of hydrogen-bond donors (Lipinski definition) is 0. The minimum absolute atomic E-state index is 0.146. The molecule has 78 valence electrons. The fraction of sp³-hybridized carbons (Fsp3) is 0.462. The summed E-state index contributed by atoms with van der Waals surface area (Å²) in [6, 6.07) is 8.81. The maximum Gasteiger partial charge on any atom is 0.159 e. The Bertz CT molecular complexity index is 390. The lowest BCUT2D eigenvalue weighted by Crippen LogP contribution is -2.28. The smallest absolute Gasteiger partial charge is 0.159 e. The highest BCUT2D eigenvalue weighted by Crippen LogP contribution is 2.43. The van der Waals surface area contributed by atoms with Crippen LogP contribution < -0.4 is 4.90 Å². The zero-order valence-electron chi connectivity index (χ0n) is 8.94. The predicted molar refractivity (Wildman–Crippen MR) is 60.3 cm³/mol. The molecule has 3 fully saturated rings. The van der Waals surface area contributed by atoms with Crippen molar-refractivity contribution in [3.05, 3.63) is 29.8 Å². The molecule has 2 aliphatic heterocycles. The Morgan fingerprint density at radius 2 is 1.93 bits per heavy atom. The van der Waals surface area contributed by atoms with Crippen molar-refractivity contribution in [2.75, 3.05) is 11.4 Å². The predicted octanol–water partition coefficient (Wildman–Crippen LogP) is 2.49. The van der Waals surface area contributed by atoms with Crippen molar-refractivity contribution in [2.45, 2.75) is 25.8 Å². The van der Waals surface area contributed by atoms with E-state index in [1.54, 1.807) is 6.92 Å². The molecule has 0 N–H and O–H groups in total. The molecule has 4 rings (SSSR count). The standard InChI is InChI=1S/C13H15NO/c1-9(15)11-2-4-12(5-3-11)14-8-10-6-13(14)7-10/h2-5,10,13H,6-8H2,1H3. The van der Waals surface area contributed by atoms with Crippen LogP contribution in [0.4, 0.5) is 5.69 Å². The highest BCUT2D eigenvalue weighted by atomic mass is 16.1. The summed E-state index contributed by atoms with van der Waals surface area (Å²) in [5.74, 6) is 1.08. The van der Waals surface area contributed by atoms with Gasteiger partial charge in [0.1, 0.15) is 0 Å². The van der Waals surface area contributed by atoms with E-state index in [-0.39, 0.29) is 5.78 Å². The van der Waals surface area contributed by atoms with Crippen LogP contribution in [0.1, 0.15) is 30.1 Å². The monoisotopic (exact) mass is 201 g/mol. The van der Waals surface area contributed by atoms with Gasteiger partial charge in [0.15, 0.2) is 5.78 Å². The van der Waals surface area contributed by atoms with Crippen LogP contribution in [0, 0.1) is 5.92 Å². The van der Waals surface area contributed by atoms with Gasteiger partial charge in [0.25, 0.3) is 0 Å². The number of fused-ring (bicyclic) bond motifs is 1. The van der Waals surface area contributed by atoms with Gasteiger partial charge in [-0.1, -0.05) is 0 Å². The number of rotatable bonds is 2. The first kappa shape index (κ1) is 8.96. The average molecular weight is 201 g/mol. The number of benzene rings is 1. The average Bonchev–Trinajstić information content (AvgIpc) is 2.75. The fourth-order valence-corrected chi connectivity index (χ4v) is 2.74. The second-order valence-corrected chi connectivity index (χ2v) is 4.75. The van der Waals surface area contributed by atoms with Gasteiger partial charge in [0.2, 0.25) is 0 Å². The van der Waals surface area contributed by atoms with E-state index in [1.807, 2.05) is 12.1 Å². The van der Waals surface area contributed by atoms with E-state index < -0.39 is 0 Å². The molecule has 1 aliphatic carbocycles. The molecule has 0 atom stereocenters. The van der Waals surface area contributed by atoms with E-state index in [4.69, 9.17) is 0 Å². The Balaban J connectivity index is 1.84. The summed E-state index contributed by atoms with van der Waals surface area (Å²) in [5.41, 5.74) is 2.09. The molecule has 2 saturated heterocycles. The number of Topliss-reactive ketones (excluding diaryl/α,β-unsaturated/α-hetero) is 1. The van der Waals surface area contributed by atoms with Crippen LogP contribution in [0.15, 0.2) is 24.3 Å². The van der Waals surface area contributed by atoms with Crippen LogP contribution in [0.3, 0.4) is 0 Å². The molecule has 3 aliphatic rings. The van der Waals surface area contributed by atoms with Crippen molar-refractivity contribution >= 4 is 11.5 Å². The second-order valence-electron chi connectivity index (χ2n) is 4.75. The molecule has 0 unspecified atom stereocenters. The zero-order valence-corrected chi connectivity index (χ0v) is 8.94. The van der Waals surface area contributed by atoms with Gasteiger partial charge in [-0.2, -0.15) is 0 Å². The minimum atomic E-state index is 0.146. The third-order valence-electron chi connectivity index (χ3n) is 3.71. The van der Waals surface area contributed by atoms with Crippen molar-refractivity contribution in [3.63, 3.8) is 0 Å².